The van der Waals surface area contributed by atoms with E-state index in [1.807, 2.05) is 50.0 Å². The first-order chi connectivity index (χ1) is 8.87. The van der Waals surface area contributed by atoms with Gasteiger partial charge in [-0.2, -0.15) is 8.78 Å². The van der Waals surface area contributed by atoms with E-state index in [2.05, 4.69) is 0 Å². The lowest BCUT2D eigenvalue weighted by molar-refractivity contribution is 0.384. The highest BCUT2D eigenvalue weighted by Crippen LogP contribution is 2.28. The first-order valence-electron chi connectivity index (χ1n) is 6.10. The largest absolute Gasteiger partial charge is 0.540 e. The van der Waals surface area contributed by atoms with Gasteiger partial charge in [-0.05, 0) is 36.5 Å². The number of hydrogen-bond acceptors (Lipinski definition) is 1. The molecule has 0 aliphatic carbocycles. The Morgan fingerprint density at radius 2 is 1.58 bits per heavy atom. The molecule has 0 spiro atoms. The lowest BCUT2D eigenvalue weighted by Gasteiger charge is -2.21. The smallest absolute Gasteiger partial charge is 0.311 e. The maximum absolute atomic E-state index is 13.1. The Morgan fingerprint density at radius 1 is 0.947 bits per heavy atom. The molecule has 0 saturated carbocycles. The zero-order chi connectivity index (χ0) is 14.0. The molecule has 2 aromatic carbocycles. The second-order valence-corrected chi connectivity index (χ2v) is 9.79. The third-order valence-corrected chi connectivity index (χ3v) is 3.41. The van der Waals surface area contributed by atoms with Gasteiger partial charge >= 0.3 is 6.08 Å². The van der Waals surface area contributed by atoms with Crippen LogP contribution >= 0.6 is 0 Å². The lowest BCUT2D eigenvalue weighted by Crippen LogP contribution is -2.24. The van der Waals surface area contributed by atoms with Crippen molar-refractivity contribution >= 4 is 24.8 Å². The molecule has 1 nitrogen and oxygen atoms in total. The molecule has 100 valence electrons. The van der Waals surface area contributed by atoms with Crippen molar-refractivity contribution in [3.8, 4) is 0 Å². The van der Waals surface area contributed by atoms with E-state index in [1.54, 1.807) is 12.1 Å². The van der Waals surface area contributed by atoms with Gasteiger partial charge in [0.25, 0.3) is 0 Å². The third-order valence-electron chi connectivity index (χ3n) is 2.59. The van der Waals surface area contributed by atoms with Gasteiger partial charge in [0.05, 0.1) is 0 Å². The van der Waals surface area contributed by atoms with Gasteiger partial charge in [0.15, 0.2) is 5.76 Å². The van der Waals surface area contributed by atoms with Crippen LogP contribution in [0.2, 0.25) is 19.6 Å². The summed E-state index contributed by atoms with van der Waals surface area (Å²) in [5.41, 5.74) is 0.432. The van der Waals surface area contributed by atoms with Crippen molar-refractivity contribution in [2.75, 3.05) is 0 Å². The predicted octanol–water partition coefficient (Wildman–Crippen LogP) is 5.26. The zero-order valence-corrected chi connectivity index (χ0v) is 12.2. The van der Waals surface area contributed by atoms with Gasteiger partial charge in [0.1, 0.15) is 0 Å². The van der Waals surface area contributed by atoms with E-state index in [0.29, 0.717) is 5.56 Å². The molecule has 4 heteroatoms. The molecule has 0 fully saturated rings. The van der Waals surface area contributed by atoms with Crippen molar-refractivity contribution in [1.29, 1.82) is 0 Å². The van der Waals surface area contributed by atoms with Gasteiger partial charge in [-0.3, -0.25) is 0 Å². The van der Waals surface area contributed by atoms with E-state index in [0.717, 1.165) is 10.8 Å². The van der Waals surface area contributed by atoms with Crippen LogP contribution in [0.3, 0.4) is 0 Å². The van der Waals surface area contributed by atoms with E-state index in [9.17, 15) is 8.78 Å². The van der Waals surface area contributed by atoms with Crippen LogP contribution in [-0.2, 0) is 4.43 Å². The Hall–Kier alpha value is -1.68. The van der Waals surface area contributed by atoms with E-state index >= 15 is 0 Å². The fourth-order valence-corrected chi connectivity index (χ4v) is 2.65. The lowest BCUT2D eigenvalue weighted by atomic mass is 10.1. The maximum Gasteiger partial charge on any atom is 0.311 e. The molecule has 19 heavy (non-hydrogen) atoms. The molecule has 0 unspecified atom stereocenters. The van der Waals surface area contributed by atoms with Crippen LogP contribution in [0.25, 0.3) is 16.5 Å². The van der Waals surface area contributed by atoms with Gasteiger partial charge in [-0.1, -0.05) is 36.4 Å². The second-order valence-electron chi connectivity index (χ2n) is 5.37. The molecule has 0 heterocycles. The van der Waals surface area contributed by atoms with E-state index in [-0.39, 0.29) is 5.76 Å². The van der Waals surface area contributed by atoms with Crippen LogP contribution in [0.1, 0.15) is 5.56 Å². The minimum atomic E-state index is -2.07. The molecule has 0 atom stereocenters. The SMILES string of the molecule is C[Si](C)(C)OC(=C(F)F)c1ccc2ccccc2c1. The topological polar surface area (TPSA) is 9.23 Å². The highest BCUT2D eigenvalue weighted by molar-refractivity contribution is 6.70. The highest BCUT2D eigenvalue weighted by Gasteiger charge is 2.22. The van der Waals surface area contributed by atoms with E-state index < -0.39 is 14.4 Å². The summed E-state index contributed by atoms with van der Waals surface area (Å²) in [6, 6.07) is 12.9. The third kappa shape index (κ3) is 3.41. The summed E-state index contributed by atoms with van der Waals surface area (Å²) in [5, 5.41) is 1.95. The van der Waals surface area contributed by atoms with Crippen molar-refractivity contribution in [1.82, 2.24) is 0 Å². The summed E-state index contributed by atoms with van der Waals surface area (Å²) in [7, 11) is -2.07. The van der Waals surface area contributed by atoms with Crippen molar-refractivity contribution in [3.63, 3.8) is 0 Å². The standard InChI is InChI=1S/C15H16F2OSi/c1-19(2,3)18-14(15(16)17)13-9-8-11-6-4-5-7-12(11)10-13/h4-10H,1-3H3. The Morgan fingerprint density at radius 3 is 2.16 bits per heavy atom. The Kier molecular flexibility index (Phi) is 3.71. The molecular weight excluding hydrogens is 262 g/mol. The first-order valence-corrected chi connectivity index (χ1v) is 9.51. The Balaban J connectivity index is 2.49. The van der Waals surface area contributed by atoms with E-state index in [4.69, 9.17) is 4.43 Å². The van der Waals surface area contributed by atoms with E-state index in [1.165, 1.54) is 0 Å². The molecule has 0 bridgehead atoms. The monoisotopic (exact) mass is 278 g/mol. The summed E-state index contributed by atoms with van der Waals surface area (Å²) in [4.78, 5) is 0. The van der Waals surface area contributed by atoms with Gasteiger partial charge in [-0.25, -0.2) is 0 Å². The fraction of sp³-hybridized carbons (Fsp3) is 0.200. The number of rotatable bonds is 3. The quantitative estimate of drug-likeness (QED) is 0.550. The van der Waals surface area contributed by atoms with Crippen LogP contribution < -0.4 is 0 Å². The highest BCUT2D eigenvalue weighted by atomic mass is 28.4. The average molecular weight is 278 g/mol. The molecular formula is C15H16F2OSi. The summed E-state index contributed by atoms with van der Waals surface area (Å²) in [5.74, 6) is -0.287. The van der Waals surface area contributed by atoms with Crippen LogP contribution in [-0.4, -0.2) is 8.32 Å². The molecule has 0 N–H and O–H groups in total. The summed E-state index contributed by atoms with van der Waals surface area (Å²) in [6.45, 7) is 5.66. The van der Waals surface area contributed by atoms with Gasteiger partial charge in [0.2, 0.25) is 8.32 Å². The molecule has 0 saturated heterocycles. The van der Waals surface area contributed by atoms with Crippen molar-refractivity contribution in [2.24, 2.45) is 0 Å². The molecule has 2 aromatic rings. The zero-order valence-electron chi connectivity index (χ0n) is 11.2. The van der Waals surface area contributed by atoms with Crippen molar-refractivity contribution in [2.45, 2.75) is 19.6 Å². The fourth-order valence-electron chi connectivity index (χ4n) is 1.84. The average Bonchev–Trinajstić information content (AvgIpc) is 2.34. The van der Waals surface area contributed by atoms with Crippen LogP contribution in [0.5, 0.6) is 0 Å². The Bertz CT molecular complexity index is 625. The maximum atomic E-state index is 13.1. The molecule has 0 amide bonds. The number of benzene rings is 2. The van der Waals surface area contributed by atoms with Gasteiger partial charge in [0, 0.05) is 5.56 Å². The Labute approximate surface area is 112 Å². The van der Waals surface area contributed by atoms with Crippen molar-refractivity contribution < 1.29 is 13.2 Å². The van der Waals surface area contributed by atoms with Gasteiger partial charge < -0.3 is 4.43 Å². The normalized spacial score (nSPS) is 11.4. The minimum Gasteiger partial charge on any atom is -0.540 e. The summed E-state index contributed by atoms with van der Waals surface area (Å²) in [6.07, 6.45) is -1.77. The van der Waals surface area contributed by atoms with Crippen LogP contribution in [0, 0.1) is 0 Å². The second kappa shape index (κ2) is 5.13. The van der Waals surface area contributed by atoms with Crippen LogP contribution in [0.4, 0.5) is 8.78 Å². The summed E-state index contributed by atoms with van der Waals surface area (Å²) >= 11 is 0. The molecule has 0 aliphatic rings. The molecule has 0 aromatic heterocycles. The number of halogens is 2. The summed E-state index contributed by atoms with van der Waals surface area (Å²) < 4.78 is 31.7. The minimum absolute atomic E-state index is 0.287. The van der Waals surface area contributed by atoms with Crippen LogP contribution in [0.15, 0.2) is 48.5 Å². The number of fused-ring (bicyclic) bond motifs is 1. The first kappa shape index (κ1) is 13.7. The molecule has 0 radical (unpaired) electrons. The van der Waals surface area contributed by atoms with Gasteiger partial charge in [-0.15, -0.1) is 0 Å². The predicted molar refractivity (Wildman–Crippen MR) is 77.5 cm³/mol. The number of hydrogen-bond donors (Lipinski definition) is 0. The molecule has 2 rings (SSSR count). The molecule has 0 aliphatic heterocycles. The van der Waals surface area contributed by atoms with Crippen molar-refractivity contribution in [3.05, 3.63) is 54.1 Å².